The highest BCUT2D eigenvalue weighted by Gasteiger charge is 2.23. The van der Waals surface area contributed by atoms with Crippen LogP contribution in [0.4, 0.5) is 0 Å². The van der Waals surface area contributed by atoms with E-state index in [-0.39, 0.29) is 5.91 Å². The molecule has 2 aromatic rings. The zero-order valence-corrected chi connectivity index (χ0v) is 18.1. The smallest absolute Gasteiger partial charge is 0.232 e. The van der Waals surface area contributed by atoms with Crippen molar-refractivity contribution in [1.29, 1.82) is 0 Å². The van der Waals surface area contributed by atoms with Gasteiger partial charge in [-0.3, -0.25) is 9.69 Å². The third kappa shape index (κ3) is 5.49. The van der Waals surface area contributed by atoms with Gasteiger partial charge in [0.05, 0.1) is 17.5 Å². The van der Waals surface area contributed by atoms with Crippen LogP contribution in [0.15, 0.2) is 24.3 Å². The van der Waals surface area contributed by atoms with Crippen LogP contribution >= 0.6 is 23.4 Å². The van der Waals surface area contributed by atoms with E-state index in [2.05, 4.69) is 32.6 Å². The second kappa shape index (κ2) is 9.91. The molecule has 0 bridgehead atoms. The van der Waals surface area contributed by atoms with E-state index in [1.54, 1.807) is 11.8 Å². The Morgan fingerprint density at radius 3 is 2.55 bits per heavy atom. The highest BCUT2D eigenvalue weighted by Crippen LogP contribution is 2.29. The first-order valence-electron chi connectivity index (χ1n) is 10.3. The molecule has 1 aliphatic heterocycles. The minimum Gasteiger partial charge on any atom is -0.339 e. The summed E-state index contributed by atoms with van der Waals surface area (Å²) in [6, 6.07) is 8.42. The first kappa shape index (κ1) is 20.6. The Labute approximate surface area is 180 Å². The zero-order valence-electron chi connectivity index (χ0n) is 16.5. The Morgan fingerprint density at radius 2 is 1.83 bits per heavy atom. The first-order chi connectivity index (χ1) is 14.2. The van der Waals surface area contributed by atoms with Crippen molar-refractivity contribution < 1.29 is 4.79 Å². The third-order valence-corrected chi connectivity index (χ3v) is 6.90. The fraction of sp³-hybridized carbons (Fsp3) is 0.600. The lowest BCUT2D eigenvalue weighted by Crippen LogP contribution is -2.48. The molecule has 0 radical (unpaired) electrons. The predicted octanol–water partition coefficient (Wildman–Crippen LogP) is 3.02. The molecule has 156 valence electrons. The number of carbonyl (C=O) groups is 1. The molecule has 9 heteroatoms. The summed E-state index contributed by atoms with van der Waals surface area (Å²) in [4.78, 5) is 16.9. The largest absolute Gasteiger partial charge is 0.339 e. The van der Waals surface area contributed by atoms with Crippen LogP contribution in [0.1, 0.15) is 43.1 Å². The summed E-state index contributed by atoms with van der Waals surface area (Å²) in [7, 11) is 0. The Bertz CT molecular complexity index is 800. The number of thioether (sulfide) groups is 1. The molecule has 0 atom stereocenters. The Hall–Kier alpha value is -1.64. The maximum atomic E-state index is 12.6. The topological polar surface area (TPSA) is 67.2 Å². The van der Waals surface area contributed by atoms with Crippen LogP contribution in [-0.2, 0) is 17.1 Å². The van der Waals surface area contributed by atoms with Crippen LogP contribution in [0.2, 0.25) is 5.02 Å². The summed E-state index contributed by atoms with van der Waals surface area (Å²) >= 11 is 7.56. The van der Waals surface area contributed by atoms with Crippen molar-refractivity contribution in [2.24, 2.45) is 0 Å². The molecule has 7 nitrogen and oxygen atoms in total. The van der Waals surface area contributed by atoms with Gasteiger partial charge in [0.15, 0.2) is 5.82 Å². The minimum atomic E-state index is 0.209. The van der Waals surface area contributed by atoms with Crippen molar-refractivity contribution in [3.63, 3.8) is 0 Å². The number of carbonyl (C=O) groups excluding carboxylic acids is 1. The standard InChI is InChI=1S/C20H27ClN6OS/c21-17-7-5-16(6-8-17)13-25-9-11-26(12-10-25)20(28)15-29-14-19-22-23-24-27(19)18-3-1-2-4-18/h5-8,18H,1-4,9-15H2. The van der Waals surface area contributed by atoms with Crippen LogP contribution in [0.25, 0.3) is 0 Å². The highest BCUT2D eigenvalue weighted by molar-refractivity contribution is 7.99. The molecule has 1 aromatic carbocycles. The number of amides is 1. The number of tetrazole rings is 1. The van der Waals surface area contributed by atoms with Crippen LogP contribution < -0.4 is 0 Å². The van der Waals surface area contributed by atoms with Crippen LogP contribution in [-0.4, -0.2) is 67.8 Å². The maximum Gasteiger partial charge on any atom is 0.232 e. The lowest BCUT2D eigenvalue weighted by molar-refractivity contribution is -0.130. The molecule has 0 unspecified atom stereocenters. The molecule has 1 aromatic heterocycles. The van der Waals surface area contributed by atoms with Gasteiger partial charge < -0.3 is 4.90 Å². The van der Waals surface area contributed by atoms with E-state index in [0.29, 0.717) is 17.5 Å². The van der Waals surface area contributed by atoms with Crippen molar-refractivity contribution in [1.82, 2.24) is 30.0 Å². The van der Waals surface area contributed by atoms with Gasteiger partial charge in [0, 0.05) is 37.7 Å². The van der Waals surface area contributed by atoms with Crippen LogP contribution in [0, 0.1) is 0 Å². The predicted molar refractivity (Wildman–Crippen MR) is 115 cm³/mol. The van der Waals surface area contributed by atoms with Crippen molar-refractivity contribution >= 4 is 29.3 Å². The van der Waals surface area contributed by atoms with E-state index in [9.17, 15) is 4.79 Å². The Kier molecular flexibility index (Phi) is 7.05. The van der Waals surface area contributed by atoms with Gasteiger partial charge in [0.1, 0.15) is 0 Å². The normalized spacial score (nSPS) is 18.4. The first-order valence-corrected chi connectivity index (χ1v) is 11.8. The average molecular weight is 435 g/mol. The second-order valence-corrected chi connectivity index (χ2v) is 9.18. The average Bonchev–Trinajstić information content (AvgIpc) is 3.42. The number of rotatable bonds is 7. The molecule has 1 saturated heterocycles. The van der Waals surface area contributed by atoms with Crippen molar-refractivity contribution in [3.8, 4) is 0 Å². The highest BCUT2D eigenvalue weighted by atomic mass is 35.5. The molecule has 1 aliphatic carbocycles. The van der Waals surface area contributed by atoms with Crippen molar-refractivity contribution in [2.45, 2.75) is 44.0 Å². The van der Waals surface area contributed by atoms with Gasteiger partial charge in [0.2, 0.25) is 5.91 Å². The SMILES string of the molecule is O=C(CSCc1nnnn1C1CCCC1)N1CCN(Cc2ccc(Cl)cc2)CC1. The number of hydrogen-bond donors (Lipinski definition) is 0. The van der Waals surface area contributed by atoms with Gasteiger partial charge in [-0.05, 0) is 41.0 Å². The van der Waals surface area contributed by atoms with Gasteiger partial charge in [0.25, 0.3) is 0 Å². The van der Waals surface area contributed by atoms with E-state index < -0.39 is 0 Å². The summed E-state index contributed by atoms with van der Waals surface area (Å²) in [5.41, 5.74) is 1.25. The number of benzene rings is 1. The molecule has 1 saturated carbocycles. The van der Waals surface area contributed by atoms with E-state index in [4.69, 9.17) is 11.6 Å². The fourth-order valence-corrected chi connectivity index (χ4v) is 5.02. The van der Waals surface area contributed by atoms with Gasteiger partial charge in [-0.25, -0.2) is 4.68 Å². The summed E-state index contributed by atoms with van der Waals surface area (Å²) in [5.74, 6) is 2.27. The molecule has 2 heterocycles. The number of nitrogens with zero attached hydrogens (tertiary/aromatic N) is 6. The van der Waals surface area contributed by atoms with Crippen LogP contribution in [0.3, 0.4) is 0 Å². The Balaban J connectivity index is 1.18. The van der Waals surface area contributed by atoms with Gasteiger partial charge in [-0.1, -0.05) is 36.6 Å². The van der Waals surface area contributed by atoms with Gasteiger partial charge >= 0.3 is 0 Å². The molecule has 2 aliphatic rings. The number of aromatic nitrogens is 4. The quantitative estimate of drug-likeness (QED) is 0.667. The molecule has 0 spiro atoms. The second-order valence-electron chi connectivity index (χ2n) is 7.75. The lowest BCUT2D eigenvalue weighted by atomic mass is 10.2. The zero-order chi connectivity index (χ0) is 20.1. The third-order valence-electron chi connectivity index (χ3n) is 5.73. The fourth-order valence-electron chi connectivity index (χ4n) is 4.06. The van der Waals surface area contributed by atoms with Crippen molar-refractivity contribution in [2.75, 3.05) is 31.9 Å². The minimum absolute atomic E-state index is 0.209. The Morgan fingerprint density at radius 1 is 1.10 bits per heavy atom. The molecule has 29 heavy (non-hydrogen) atoms. The summed E-state index contributed by atoms with van der Waals surface area (Å²) in [6.07, 6.45) is 4.81. The van der Waals surface area contributed by atoms with E-state index >= 15 is 0 Å². The van der Waals surface area contributed by atoms with Crippen LogP contribution in [0.5, 0.6) is 0 Å². The van der Waals surface area contributed by atoms with Gasteiger partial charge in [-0.15, -0.1) is 16.9 Å². The monoisotopic (exact) mass is 434 g/mol. The van der Waals surface area contributed by atoms with E-state index in [0.717, 1.165) is 56.4 Å². The lowest BCUT2D eigenvalue weighted by Gasteiger charge is -2.34. The molecule has 1 amide bonds. The number of piperazine rings is 1. The van der Waals surface area contributed by atoms with E-state index in [1.165, 1.54) is 18.4 Å². The molecule has 0 N–H and O–H groups in total. The van der Waals surface area contributed by atoms with Crippen molar-refractivity contribution in [3.05, 3.63) is 40.7 Å². The summed E-state index contributed by atoms with van der Waals surface area (Å²) in [5, 5.41) is 12.9. The van der Waals surface area contributed by atoms with E-state index in [1.807, 2.05) is 21.7 Å². The summed E-state index contributed by atoms with van der Waals surface area (Å²) < 4.78 is 1.97. The number of halogens is 1. The number of hydrogen-bond acceptors (Lipinski definition) is 6. The molecular weight excluding hydrogens is 408 g/mol. The maximum absolute atomic E-state index is 12.6. The molecule has 4 rings (SSSR count). The molecule has 2 fully saturated rings. The molecular formula is C20H27ClN6OS. The summed E-state index contributed by atoms with van der Waals surface area (Å²) in [6.45, 7) is 4.27. The van der Waals surface area contributed by atoms with Gasteiger partial charge in [-0.2, -0.15) is 0 Å².